The lowest BCUT2D eigenvalue weighted by Crippen LogP contribution is -2.13. The average molecular weight is 325 g/mol. The molecule has 0 saturated carbocycles. The van der Waals surface area contributed by atoms with E-state index in [2.05, 4.69) is 5.32 Å². The maximum atomic E-state index is 13.1. The van der Waals surface area contributed by atoms with E-state index >= 15 is 0 Å². The van der Waals surface area contributed by atoms with Crippen LogP contribution < -0.4 is 5.32 Å². The predicted octanol–water partition coefficient (Wildman–Crippen LogP) is 2.76. The molecule has 0 aromatic heterocycles. The topological polar surface area (TPSA) is 63.2 Å². The minimum absolute atomic E-state index is 0.0176. The summed E-state index contributed by atoms with van der Waals surface area (Å²) in [5, 5.41) is 2.36. The molecule has 0 heterocycles. The summed E-state index contributed by atoms with van der Waals surface area (Å²) in [6.45, 7) is 0. The van der Waals surface area contributed by atoms with Gasteiger partial charge in [0.05, 0.1) is 5.75 Å². The maximum Gasteiger partial charge on any atom is 0.255 e. The van der Waals surface area contributed by atoms with Crippen LogP contribution in [0.5, 0.6) is 0 Å². The Kier molecular flexibility index (Phi) is 4.56. The van der Waals surface area contributed by atoms with E-state index in [1.807, 2.05) is 0 Å². The van der Waals surface area contributed by atoms with E-state index < -0.39 is 27.4 Å². The molecule has 0 fully saturated rings. The molecule has 0 aliphatic rings. The van der Waals surface area contributed by atoms with Crippen molar-refractivity contribution < 1.29 is 22.0 Å². The van der Waals surface area contributed by atoms with Crippen molar-refractivity contribution in [2.75, 3.05) is 11.6 Å². The monoisotopic (exact) mass is 325 g/mol. The van der Waals surface area contributed by atoms with Crippen molar-refractivity contribution >= 4 is 21.4 Å². The third-order valence-electron chi connectivity index (χ3n) is 2.74. The molecule has 0 spiro atoms. The highest BCUT2D eigenvalue weighted by Crippen LogP contribution is 2.15. The smallest absolute Gasteiger partial charge is 0.255 e. The molecule has 0 bridgehead atoms. The highest BCUT2D eigenvalue weighted by molar-refractivity contribution is 7.89. The summed E-state index contributed by atoms with van der Waals surface area (Å²) in [6.07, 6.45) is 1.09. The number of hydrogen-bond donors (Lipinski definition) is 1. The van der Waals surface area contributed by atoms with Crippen LogP contribution in [0, 0.1) is 11.6 Å². The van der Waals surface area contributed by atoms with E-state index in [9.17, 15) is 22.0 Å². The molecule has 0 aliphatic carbocycles. The molecule has 0 atom stereocenters. The van der Waals surface area contributed by atoms with E-state index in [0.29, 0.717) is 11.6 Å². The van der Waals surface area contributed by atoms with Gasteiger partial charge in [0.1, 0.15) is 11.6 Å². The molecule has 0 unspecified atom stereocenters. The molecule has 0 radical (unpaired) electrons. The molecule has 0 saturated heterocycles. The van der Waals surface area contributed by atoms with Gasteiger partial charge >= 0.3 is 0 Å². The van der Waals surface area contributed by atoms with Crippen LogP contribution in [0.4, 0.5) is 14.5 Å². The standard InChI is InChI=1S/C15H13F2NO3S/c1-22(20,21)9-10-3-2-4-11(5-10)15(19)18-14-7-12(16)6-13(17)8-14/h2-8H,9H2,1H3,(H,18,19). The molecule has 116 valence electrons. The van der Waals surface area contributed by atoms with E-state index in [4.69, 9.17) is 0 Å². The fourth-order valence-electron chi connectivity index (χ4n) is 1.93. The summed E-state index contributed by atoms with van der Waals surface area (Å²) in [4.78, 5) is 12.0. The maximum absolute atomic E-state index is 13.1. The van der Waals surface area contributed by atoms with E-state index in [0.717, 1.165) is 18.4 Å². The van der Waals surface area contributed by atoms with E-state index in [1.54, 1.807) is 12.1 Å². The minimum atomic E-state index is -3.22. The van der Waals surface area contributed by atoms with Gasteiger partial charge in [-0.25, -0.2) is 17.2 Å². The summed E-state index contributed by atoms with van der Waals surface area (Å²) in [6, 6.07) is 8.70. The number of carbonyl (C=O) groups excluding carboxylic acids is 1. The zero-order valence-electron chi connectivity index (χ0n) is 11.6. The van der Waals surface area contributed by atoms with Crippen LogP contribution in [-0.2, 0) is 15.6 Å². The van der Waals surface area contributed by atoms with Crippen molar-refractivity contribution in [3.05, 3.63) is 65.2 Å². The zero-order chi connectivity index (χ0) is 16.3. The van der Waals surface area contributed by atoms with Gasteiger partial charge in [0.2, 0.25) is 0 Å². The first-order valence-corrected chi connectivity index (χ1v) is 8.33. The van der Waals surface area contributed by atoms with Crippen molar-refractivity contribution in [1.29, 1.82) is 0 Å². The number of amides is 1. The first-order chi connectivity index (χ1) is 10.2. The van der Waals surface area contributed by atoms with Crippen LogP contribution in [-0.4, -0.2) is 20.6 Å². The van der Waals surface area contributed by atoms with Gasteiger partial charge in [-0.05, 0) is 29.8 Å². The first kappa shape index (κ1) is 16.1. The first-order valence-electron chi connectivity index (χ1n) is 6.27. The largest absolute Gasteiger partial charge is 0.322 e. The Bertz CT molecular complexity index is 799. The normalized spacial score (nSPS) is 11.2. The number of sulfone groups is 1. The zero-order valence-corrected chi connectivity index (χ0v) is 12.5. The van der Waals surface area contributed by atoms with Gasteiger partial charge in [-0.1, -0.05) is 12.1 Å². The van der Waals surface area contributed by atoms with Crippen LogP contribution in [0.3, 0.4) is 0 Å². The molecular weight excluding hydrogens is 312 g/mol. The number of anilines is 1. The number of rotatable bonds is 4. The summed E-state index contributed by atoms with van der Waals surface area (Å²) in [7, 11) is -3.22. The highest BCUT2D eigenvalue weighted by atomic mass is 32.2. The lowest BCUT2D eigenvalue weighted by Gasteiger charge is -2.07. The molecule has 22 heavy (non-hydrogen) atoms. The second kappa shape index (κ2) is 6.23. The number of benzene rings is 2. The van der Waals surface area contributed by atoms with E-state index in [1.165, 1.54) is 12.1 Å². The quantitative estimate of drug-likeness (QED) is 0.940. The fraction of sp³-hybridized carbons (Fsp3) is 0.133. The van der Waals surface area contributed by atoms with Crippen LogP contribution in [0.15, 0.2) is 42.5 Å². The highest BCUT2D eigenvalue weighted by Gasteiger charge is 2.11. The van der Waals surface area contributed by atoms with Gasteiger partial charge < -0.3 is 5.32 Å². The van der Waals surface area contributed by atoms with Crippen molar-refractivity contribution in [2.24, 2.45) is 0 Å². The molecule has 7 heteroatoms. The summed E-state index contributed by atoms with van der Waals surface area (Å²) >= 11 is 0. The molecule has 2 aromatic rings. The van der Waals surface area contributed by atoms with Crippen molar-refractivity contribution in [3.63, 3.8) is 0 Å². The Labute approximate surface area is 126 Å². The molecule has 1 amide bonds. The molecule has 0 aliphatic heterocycles. The number of halogens is 2. The second-order valence-electron chi connectivity index (χ2n) is 4.88. The van der Waals surface area contributed by atoms with Gasteiger partial charge in [-0.2, -0.15) is 0 Å². The van der Waals surface area contributed by atoms with Crippen LogP contribution in [0.1, 0.15) is 15.9 Å². The van der Waals surface area contributed by atoms with Gasteiger partial charge in [0, 0.05) is 23.6 Å². The average Bonchev–Trinajstić information content (AvgIpc) is 2.35. The molecule has 2 rings (SSSR count). The summed E-state index contributed by atoms with van der Waals surface area (Å²) < 4.78 is 48.7. The van der Waals surface area contributed by atoms with Gasteiger partial charge in [0.25, 0.3) is 5.91 Å². The molecular formula is C15H13F2NO3S. The molecule has 4 nitrogen and oxygen atoms in total. The van der Waals surface area contributed by atoms with Crippen LogP contribution >= 0.6 is 0 Å². The van der Waals surface area contributed by atoms with Gasteiger partial charge in [-0.3, -0.25) is 4.79 Å². The summed E-state index contributed by atoms with van der Waals surface area (Å²) in [5.74, 6) is -2.38. The number of hydrogen-bond acceptors (Lipinski definition) is 3. The van der Waals surface area contributed by atoms with Gasteiger partial charge in [0.15, 0.2) is 9.84 Å². The van der Waals surface area contributed by atoms with Crippen molar-refractivity contribution in [2.45, 2.75) is 5.75 Å². The summed E-state index contributed by atoms with van der Waals surface area (Å²) in [5.41, 5.74) is 0.641. The van der Waals surface area contributed by atoms with E-state index in [-0.39, 0.29) is 17.0 Å². The third kappa shape index (κ3) is 4.63. The Hall–Kier alpha value is -2.28. The van der Waals surface area contributed by atoms with Crippen LogP contribution in [0.2, 0.25) is 0 Å². The third-order valence-corrected chi connectivity index (χ3v) is 3.60. The SMILES string of the molecule is CS(=O)(=O)Cc1cccc(C(=O)Nc2cc(F)cc(F)c2)c1. The minimum Gasteiger partial charge on any atom is -0.322 e. The Morgan fingerprint density at radius 2 is 1.73 bits per heavy atom. The Morgan fingerprint density at radius 3 is 2.32 bits per heavy atom. The van der Waals surface area contributed by atoms with Crippen molar-refractivity contribution in [1.82, 2.24) is 0 Å². The fourth-order valence-corrected chi connectivity index (χ4v) is 2.72. The molecule has 1 N–H and O–H groups in total. The number of nitrogens with one attached hydrogen (secondary N) is 1. The van der Waals surface area contributed by atoms with Gasteiger partial charge in [-0.15, -0.1) is 0 Å². The Balaban J connectivity index is 2.21. The predicted molar refractivity (Wildman–Crippen MR) is 79.3 cm³/mol. The molecule has 2 aromatic carbocycles. The second-order valence-corrected chi connectivity index (χ2v) is 7.02. The van der Waals surface area contributed by atoms with Crippen molar-refractivity contribution in [3.8, 4) is 0 Å². The lowest BCUT2D eigenvalue weighted by atomic mass is 10.1. The Morgan fingerprint density at radius 1 is 1.09 bits per heavy atom. The number of carbonyl (C=O) groups is 1. The lowest BCUT2D eigenvalue weighted by molar-refractivity contribution is 0.102. The van der Waals surface area contributed by atoms with Crippen LogP contribution in [0.25, 0.3) is 0 Å².